The molecule has 1 unspecified atom stereocenters. The Morgan fingerprint density at radius 1 is 1.52 bits per heavy atom. The van der Waals surface area contributed by atoms with Gasteiger partial charge in [-0.15, -0.1) is 0 Å². The zero-order valence-electron chi connectivity index (χ0n) is 14.7. The summed E-state index contributed by atoms with van der Waals surface area (Å²) in [5.74, 6) is -0.356. The number of aryl methyl sites for hydroxylation is 1. The molecule has 3 rings (SSSR count). The molecule has 132 valence electrons. The molecule has 2 heterocycles. The Morgan fingerprint density at radius 3 is 2.92 bits per heavy atom. The van der Waals surface area contributed by atoms with Gasteiger partial charge < -0.3 is 19.6 Å². The van der Waals surface area contributed by atoms with E-state index in [4.69, 9.17) is 9.47 Å². The molecule has 1 atom stereocenters. The van der Waals surface area contributed by atoms with E-state index < -0.39 is 11.6 Å². The molecule has 0 aliphatic carbocycles. The number of hydrogen-bond donors (Lipinski definition) is 2. The second-order valence-electron chi connectivity index (χ2n) is 6.30. The van der Waals surface area contributed by atoms with E-state index in [9.17, 15) is 15.2 Å². The van der Waals surface area contributed by atoms with Crippen molar-refractivity contribution in [2.24, 2.45) is 0 Å². The standard InChI is InChI=1S/C19H22N2O4/c1-4-7-19(18(23)24-5-2)17-13(6-8-25-19)15-12(10-20)9-14(22)11(3)16(15)21-17/h9,21-22H,4-8H2,1-3H3. The fraction of sp³-hybridized carbons (Fsp3) is 0.474. The van der Waals surface area contributed by atoms with Crippen LogP contribution in [0.15, 0.2) is 6.07 Å². The first kappa shape index (κ1) is 17.3. The van der Waals surface area contributed by atoms with Crippen LogP contribution in [0.5, 0.6) is 5.75 Å². The van der Waals surface area contributed by atoms with Crippen LogP contribution in [-0.2, 0) is 26.3 Å². The van der Waals surface area contributed by atoms with Gasteiger partial charge in [-0.1, -0.05) is 13.3 Å². The third kappa shape index (κ3) is 2.47. The summed E-state index contributed by atoms with van der Waals surface area (Å²) in [5, 5.41) is 20.4. The average molecular weight is 342 g/mol. The van der Waals surface area contributed by atoms with Crippen LogP contribution in [0.3, 0.4) is 0 Å². The lowest BCUT2D eigenvalue weighted by molar-refractivity contribution is -0.178. The molecule has 25 heavy (non-hydrogen) atoms. The molecule has 0 amide bonds. The third-order valence-electron chi connectivity index (χ3n) is 4.85. The highest BCUT2D eigenvalue weighted by Crippen LogP contribution is 2.43. The number of carbonyl (C=O) groups excluding carboxylic acids is 1. The summed E-state index contributed by atoms with van der Waals surface area (Å²) in [6, 6.07) is 3.63. The Labute approximate surface area is 146 Å². The quantitative estimate of drug-likeness (QED) is 0.832. The molecule has 1 aromatic carbocycles. The van der Waals surface area contributed by atoms with E-state index >= 15 is 0 Å². The number of phenolic OH excluding ortho intramolecular Hbond substituents is 1. The van der Waals surface area contributed by atoms with Crippen LogP contribution < -0.4 is 0 Å². The van der Waals surface area contributed by atoms with Crippen molar-refractivity contribution in [2.75, 3.05) is 13.2 Å². The van der Waals surface area contributed by atoms with E-state index in [-0.39, 0.29) is 12.4 Å². The predicted molar refractivity (Wildman–Crippen MR) is 92.3 cm³/mol. The van der Waals surface area contributed by atoms with Crippen LogP contribution in [0.4, 0.5) is 0 Å². The number of nitrogens with one attached hydrogen (secondary N) is 1. The zero-order valence-corrected chi connectivity index (χ0v) is 14.7. The number of aromatic amines is 1. The summed E-state index contributed by atoms with van der Waals surface area (Å²) < 4.78 is 11.3. The number of rotatable bonds is 4. The number of aromatic hydroxyl groups is 1. The topological polar surface area (TPSA) is 95.3 Å². The van der Waals surface area contributed by atoms with E-state index in [0.29, 0.717) is 41.8 Å². The average Bonchev–Trinajstić information content (AvgIpc) is 3.00. The molecule has 6 heteroatoms. The number of esters is 1. The predicted octanol–water partition coefficient (Wildman–Crippen LogP) is 3.18. The highest BCUT2D eigenvalue weighted by molar-refractivity contribution is 5.96. The number of hydrogen-bond acceptors (Lipinski definition) is 5. The van der Waals surface area contributed by atoms with E-state index in [2.05, 4.69) is 11.1 Å². The molecule has 0 bridgehead atoms. The molecule has 0 fully saturated rings. The van der Waals surface area contributed by atoms with E-state index in [0.717, 1.165) is 17.4 Å². The molecule has 0 spiro atoms. The monoisotopic (exact) mass is 342 g/mol. The lowest BCUT2D eigenvalue weighted by Gasteiger charge is -2.35. The van der Waals surface area contributed by atoms with Crippen molar-refractivity contribution >= 4 is 16.9 Å². The summed E-state index contributed by atoms with van der Waals surface area (Å²) in [7, 11) is 0. The maximum absolute atomic E-state index is 12.8. The second-order valence-corrected chi connectivity index (χ2v) is 6.30. The Balaban J connectivity index is 2.34. The Morgan fingerprint density at radius 2 is 2.28 bits per heavy atom. The highest BCUT2D eigenvalue weighted by atomic mass is 16.6. The fourth-order valence-corrected chi connectivity index (χ4v) is 3.70. The Kier molecular flexibility index (Phi) is 4.44. The van der Waals surface area contributed by atoms with Crippen LogP contribution in [0.25, 0.3) is 10.9 Å². The van der Waals surface area contributed by atoms with Crippen LogP contribution >= 0.6 is 0 Å². The normalized spacial score (nSPS) is 19.4. The summed E-state index contributed by atoms with van der Waals surface area (Å²) in [6.45, 7) is 6.19. The van der Waals surface area contributed by atoms with E-state index in [1.807, 2.05) is 6.92 Å². The van der Waals surface area contributed by atoms with Gasteiger partial charge in [-0.25, -0.2) is 4.79 Å². The maximum Gasteiger partial charge on any atom is 0.344 e. The molecular formula is C19H22N2O4. The molecule has 0 saturated heterocycles. The number of fused-ring (bicyclic) bond motifs is 3. The molecule has 6 nitrogen and oxygen atoms in total. The van der Waals surface area contributed by atoms with Gasteiger partial charge >= 0.3 is 5.97 Å². The van der Waals surface area contributed by atoms with Crippen LogP contribution in [0.2, 0.25) is 0 Å². The number of benzene rings is 1. The minimum absolute atomic E-state index is 0.0563. The molecular weight excluding hydrogens is 320 g/mol. The molecule has 1 aliphatic rings. The zero-order chi connectivity index (χ0) is 18.2. The van der Waals surface area contributed by atoms with Gasteiger partial charge in [-0.3, -0.25) is 0 Å². The SMILES string of the molecule is CCCC1(C(=O)OCC)OCCc2c1[nH]c1c(C)c(O)cc(C#N)c21. The summed E-state index contributed by atoms with van der Waals surface area (Å²) >= 11 is 0. The van der Waals surface area contributed by atoms with E-state index in [1.54, 1.807) is 13.8 Å². The maximum atomic E-state index is 12.8. The Bertz CT molecular complexity index is 878. The molecule has 0 radical (unpaired) electrons. The Hall–Kier alpha value is -2.52. The largest absolute Gasteiger partial charge is 0.508 e. The number of carbonyl (C=O) groups is 1. The minimum atomic E-state index is -1.19. The van der Waals surface area contributed by atoms with Crippen molar-refractivity contribution in [1.82, 2.24) is 4.98 Å². The van der Waals surface area contributed by atoms with Crippen molar-refractivity contribution in [3.63, 3.8) is 0 Å². The van der Waals surface area contributed by atoms with Gasteiger partial charge in [0.15, 0.2) is 0 Å². The van der Waals surface area contributed by atoms with Crippen molar-refractivity contribution in [3.05, 3.63) is 28.5 Å². The van der Waals surface area contributed by atoms with Gasteiger partial charge in [0.2, 0.25) is 5.60 Å². The molecule has 1 aliphatic heterocycles. The number of aromatic nitrogens is 1. The highest BCUT2D eigenvalue weighted by Gasteiger charge is 2.48. The number of ether oxygens (including phenoxy) is 2. The summed E-state index contributed by atoms with van der Waals surface area (Å²) in [4.78, 5) is 16.1. The minimum Gasteiger partial charge on any atom is -0.508 e. The first-order chi connectivity index (χ1) is 12.0. The first-order valence-corrected chi connectivity index (χ1v) is 8.59. The van der Waals surface area contributed by atoms with Crippen LogP contribution in [-0.4, -0.2) is 29.3 Å². The number of nitrogens with zero attached hydrogens (tertiary/aromatic N) is 1. The third-order valence-corrected chi connectivity index (χ3v) is 4.85. The van der Waals surface area contributed by atoms with Gasteiger partial charge in [-0.05, 0) is 38.3 Å². The van der Waals surface area contributed by atoms with Crippen LogP contribution in [0.1, 0.15) is 49.1 Å². The summed E-state index contributed by atoms with van der Waals surface area (Å²) in [5.41, 5.74) is 2.09. The summed E-state index contributed by atoms with van der Waals surface area (Å²) in [6.07, 6.45) is 1.82. The first-order valence-electron chi connectivity index (χ1n) is 8.59. The number of H-pyrrole nitrogens is 1. The molecule has 2 aromatic rings. The molecule has 2 N–H and O–H groups in total. The lowest BCUT2D eigenvalue weighted by atomic mass is 9.86. The van der Waals surface area contributed by atoms with Gasteiger partial charge in [0.25, 0.3) is 0 Å². The van der Waals surface area contributed by atoms with E-state index in [1.165, 1.54) is 6.07 Å². The van der Waals surface area contributed by atoms with Crippen molar-refractivity contribution < 1.29 is 19.4 Å². The van der Waals surface area contributed by atoms with Gasteiger partial charge in [0.05, 0.1) is 36.1 Å². The van der Waals surface area contributed by atoms with Crippen LogP contribution in [0, 0.1) is 18.3 Å². The van der Waals surface area contributed by atoms with Crippen molar-refractivity contribution in [2.45, 2.75) is 45.6 Å². The van der Waals surface area contributed by atoms with Crippen molar-refractivity contribution in [3.8, 4) is 11.8 Å². The van der Waals surface area contributed by atoms with Gasteiger partial charge in [-0.2, -0.15) is 5.26 Å². The number of nitriles is 1. The van der Waals surface area contributed by atoms with Gasteiger partial charge in [0.1, 0.15) is 5.75 Å². The number of phenols is 1. The van der Waals surface area contributed by atoms with Crippen molar-refractivity contribution in [1.29, 1.82) is 5.26 Å². The molecule has 1 aromatic heterocycles. The smallest absolute Gasteiger partial charge is 0.344 e. The molecule has 0 saturated carbocycles. The second kappa shape index (κ2) is 6.41. The van der Waals surface area contributed by atoms with Gasteiger partial charge in [0, 0.05) is 10.9 Å². The lowest BCUT2D eigenvalue weighted by Crippen LogP contribution is -2.44. The fourth-order valence-electron chi connectivity index (χ4n) is 3.70.